The van der Waals surface area contributed by atoms with Crippen LogP contribution in [0.2, 0.25) is 0 Å². The zero-order chi connectivity index (χ0) is 20.6. The second-order valence-corrected chi connectivity index (χ2v) is 11.6. The first-order chi connectivity index (χ1) is 13.7. The summed E-state index contributed by atoms with van der Waals surface area (Å²) in [7, 11) is 0. The Hall–Kier alpha value is -1.10. The Kier molecular flexibility index (Phi) is 5.98. The zero-order valence-electron chi connectivity index (χ0n) is 18.6. The van der Waals surface area contributed by atoms with E-state index >= 15 is 0 Å². The largest absolute Gasteiger partial charge is 0.377 e. The normalized spacial score (nSPS) is 38.7. The summed E-state index contributed by atoms with van der Waals surface area (Å²) in [6, 6.07) is 0. The predicted octanol–water partition coefficient (Wildman–Crippen LogP) is 3.67. The maximum Gasteiger partial charge on any atom is 0.226 e. The molecule has 1 aliphatic heterocycles. The summed E-state index contributed by atoms with van der Waals surface area (Å²) in [6.45, 7) is 8.57. The van der Waals surface area contributed by atoms with Crippen molar-refractivity contribution in [3.63, 3.8) is 0 Å². The number of hydrogen-bond donors (Lipinski definition) is 2. The molecule has 0 aromatic heterocycles. The van der Waals surface area contributed by atoms with Gasteiger partial charge in [-0.1, -0.05) is 20.8 Å². The van der Waals surface area contributed by atoms with Gasteiger partial charge in [0, 0.05) is 37.5 Å². The maximum atomic E-state index is 13.0. The van der Waals surface area contributed by atoms with Gasteiger partial charge in [0.1, 0.15) is 0 Å². The quantitative estimate of drug-likeness (QED) is 0.710. The van der Waals surface area contributed by atoms with Gasteiger partial charge in [0.05, 0.1) is 6.10 Å². The van der Waals surface area contributed by atoms with E-state index in [0.29, 0.717) is 25.4 Å². The average Bonchev–Trinajstić information content (AvgIpc) is 2.64. The van der Waals surface area contributed by atoms with Gasteiger partial charge in [-0.3, -0.25) is 9.59 Å². The SMILES string of the molecule is CC(C)(C)C1OCCCC1CNC(=O)CCNC(=O)C12CC3CC(CC(C3)C1)C2. The molecule has 5 rings (SSSR count). The van der Waals surface area contributed by atoms with E-state index in [1.165, 1.54) is 19.3 Å². The maximum absolute atomic E-state index is 13.0. The van der Waals surface area contributed by atoms with Crippen LogP contribution in [-0.2, 0) is 14.3 Å². The molecule has 2 N–H and O–H groups in total. The van der Waals surface area contributed by atoms with Crippen LogP contribution in [0.1, 0.15) is 78.6 Å². The minimum Gasteiger partial charge on any atom is -0.377 e. The van der Waals surface area contributed by atoms with Crippen LogP contribution in [-0.4, -0.2) is 37.6 Å². The molecule has 0 spiro atoms. The molecular weight excluding hydrogens is 364 g/mol. The second kappa shape index (κ2) is 8.20. The fourth-order valence-electron chi connectivity index (χ4n) is 7.21. The van der Waals surface area contributed by atoms with E-state index in [2.05, 4.69) is 31.4 Å². The Bertz CT molecular complexity index is 589. The number of carbonyl (C=O) groups excluding carboxylic acids is 2. The van der Waals surface area contributed by atoms with Gasteiger partial charge in [-0.15, -0.1) is 0 Å². The van der Waals surface area contributed by atoms with E-state index in [1.807, 2.05) is 0 Å². The van der Waals surface area contributed by atoms with Crippen LogP contribution in [0.5, 0.6) is 0 Å². The summed E-state index contributed by atoms with van der Waals surface area (Å²) in [5, 5.41) is 6.21. The lowest BCUT2D eigenvalue weighted by molar-refractivity contribution is -0.146. The van der Waals surface area contributed by atoms with Crippen LogP contribution in [0, 0.1) is 34.5 Å². The van der Waals surface area contributed by atoms with Gasteiger partial charge >= 0.3 is 0 Å². The zero-order valence-corrected chi connectivity index (χ0v) is 18.6. The first-order valence-electron chi connectivity index (χ1n) is 11.9. The van der Waals surface area contributed by atoms with Gasteiger partial charge in [0.25, 0.3) is 0 Å². The molecule has 0 aromatic carbocycles. The molecule has 4 saturated carbocycles. The minimum atomic E-state index is -0.120. The standard InChI is InChI=1S/C24H40N2O3/c1-23(2,3)21-19(5-4-8-29-21)15-26-20(27)6-7-25-22(28)24-12-16-9-17(13-24)11-18(10-16)14-24/h16-19,21H,4-15H2,1-3H3,(H,25,28)(H,26,27). The highest BCUT2D eigenvalue weighted by atomic mass is 16.5. The molecule has 5 nitrogen and oxygen atoms in total. The number of ether oxygens (including phenoxy) is 1. The van der Waals surface area contributed by atoms with Crippen molar-refractivity contribution < 1.29 is 14.3 Å². The highest BCUT2D eigenvalue weighted by Gasteiger charge is 2.54. The van der Waals surface area contributed by atoms with Crippen LogP contribution < -0.4 is 10.6 Å². The summed E-state index contributed by atoms with van der Waals surface area (Å²) >= 11 is 0. The Morgan fingerprint density at radius 1 is 1.00 bits per heavy atom. The van der Waals surface area contributed by atoms with E-state index in [-0.39, 0.29) is 28.7 Å². The van der Waals surface area contributed by atoms with Gasteiger partial charge in [0.2, 0.25) is 11.8 Å². The van der Waals surface area contributed by atoms with Crippen LogP contribution in [0.3, 0.4) is 0 Å². The Labute approximate surface area is 176 Å². The molecule has 2 atom stereocenters. The van der Waals surface area contributed by atoms with Crippen molar-refractivity contribution in [2.75, 3.05) is 19.7 Å². The number of hydrogen-bond acceptors (Lipinski definition) is 3. The molecule has 4 aliphatic carbocycles. The number of amides is 2. The fourth-order valence-corrected chi connectivity index (χ4v) is 7.21. The minimum absolute atomic E-state index is 0.0362. The Balaban J connectivity index is 1.20. The van der Waals surface area contributed by atoms with Crippen molar-refractivity contribution in [3.8, 4) is 0 Å². The van der Waals surface area contributed by atoms with E-state index < -0.39 is 0 Å². The van der Waals surface area contributed by atoms with Crippen molar-refractivity contribution in [2.45, 2.75) is 84.7 Å². The topological polar surface area (TPSA) is 67.4 Å². The Morgan fingerprint density at radius 3 is 2.21 bits per heavy atom. The molecular formula is C24H40N2O3. The predicted molar refractivity (Wildman–Crippen MR) is 113 cm³/mol. The first kappa shape index (κ1) is 21.1. The molecule has 0 aromatic rings. The smallest absolute Gasteiger partial charge is 0.226 e. The summed E-state index contributed by atoms with van der Waals surface area (Å²) < 4.78 is 6.01. The van der Waals surface area contributed by atoms with Gasteiger partial charge in [-0.2, -0.15) is 0 Å². The van der Waals surface area contributed by atoms with Crippen molar-refractivity contribution in [1.29, 1.82) is 0 Å². The van der Waals surface area contributed by atoms with E-state index in [4.69, 9.17) is 4.74 Å². The fraction of sp³-hybridized carbons (Fsp3) is 0.917. The second-order valence-electron chi connectivity index (χ2n) is 11.6. The van der Waals surface area contributed by atoms with Crippen molar-refractivity contribution in [3.05, 3.63) is 0 Å². The third-order valence-electron chi connectivity index (χ3n) is 8.02. The van der Waals surface area contributed by atoms with E-state index in [0.717, 1.165) is 56.5 Å². The van der Waals surface area contributed by atoms with Gasteiger partial charge < -0.3 is 15.4 Å². The van der Waals surface area contributed by atoms with Crippen LogP contribution >= 0.6 is 0 Å². The number of rotatable bonds is 6. The molecule has 29 heavy (non-hydrogen) atoms. The highest BCUT2D eigenvalue weighted by molar-refractivity contribution is 5.84. The number of nitrogens with one attached hydrogen (secondary N) is 2. The molecule has 5 heteroatoms. The molecule has 5 fully saturated rings. The molecule has 4 bridgehead atoms. The van der Waals surface area contributed by atoms with Gasteiger partial charge in [-0.05, 0) is 74.5 Å². The lowest BCUT2D eigenvalue weighted by Gasteiger charge is -2.55. The third kappa shape index (κ3) is 4.65. The molecule has 2 unspecified atom stereocenters. The van der Waals surface area contributed by atoms with Crippen LogP contribution in [0.15, 0.2) is 0 Å². The molecule has 1 saturated heterocycles. The average molecular weight is 405 g/mol. The van der Waals surface area contributed by atoms with Crippen LogP contribution in [0.4, 0.5) is 0 Å². The van der Waals surface area contributed by atoms with E-state index in [1.54, 1.807) is 0 Å². The molecule has 2 amide bonds. The van der Waals surface area contributed by atoms with Gasteiger partial charge in [-0.25, -0.2) is 0 Å². The summed E-state index contributed by atoms with van der Waals surface area (Å²) in [5.74, 6) is 2.93. The number of carbonyl (C=O) groups is 2. The lowest BCUT2D eigenvalue weighted by atomic mass is 9.49. The Morgan fingerprint density at radius 2 is 1.62 bits per heavy atom. The monoisotopic (exact) mass is 404 g/mol. The van der Waals surface area contributed by atoms with Crippen molar-refractivity contribution in [2.24, 2.45) is 34.5 Å². The highest BCUT2D eigenvalue weighted by Crippen LogP contribution is 2.60. The lowest BCUT2D eigenvalue weighted by Crippen LogP contribution is -2.53. The van der Waals surface area contributed by atoms with E-state index in [9.17, 15) is 9.59 Å². The van der Waals surface area contributed by atoms with Crippen molar-refractivity contribution in [1.82, 2.24) is 10.6 Å². The summed E-state index contributed by atoms with van der Waals surface area (Å²) in [4.78, 5) is 25.3. The van der Waals surface area contributed by atoms with Crippen LogP contribution in [0.25, 0.3) is 0 Å². The van der Waals surface area contributed by atoms with Gasteiger partial charge in [0.15, 0.2) is 0 Å². The molecule has 164 valence electrons. The molecule has 0 radical (unpaired) electrons. The molecule has 5 aliphatic rings. The molecule has 1 heterocycles. The van der Waals surface area contributed by atoms with Crippen molar-refractivity contribution >= 4 is 11.8 Å². The summed E-state index contributed by atoms with van der Waals surface area (Å²) in [6.07, 6.45) is 9.98. The first-order valence-corrected chi connectivity index (χ1v) is 11.9. The third-order valence-corrected chi connectivity index (χ3v) is 8.02. The summed E-state index contributed by atoms with van der Waals surface area (Å²) in [5.41, 5.74) is -0.0355.